The smallest absolute Gasteiger partial charge is 0.269 e. The molecule has 2 aromatic carbocycles. The van der Waals surface area contributed by atoms with Crippen molar-refractivity contribution in [2.75, 3.05) is 10.2 Å². The summed E-state index contributed by atoms with van der Waals surface area (Å²) in [6, 6.07) is 14.2. The minimum absolute atomic E-state index is 0.0454. The highest BCUT2D eigenvalue weighted by atomic mass is 35.5. The number of hydrazine groups is 1. The minimum atomic E-state index is -1.05. The quantitative estimate of drug-likeness (QED) is 0.489. The second-order valence-corrected chi connectivity index (χ2v) is 8.87. The highest BCUT2D eigenvalue weighted by Gasteiger charge is 2.45. The maximum absolute atomic E-state index is 13.5. The molecule has 1 atom stereocenters. The third-order valence-electron chi connectivity index (χ3n) is 5.50. The van der Waals surface area contributed by atoms with E-state index in [1.165, 1.54) is 34.4 Å². The van der Waals surface area contributed by atoms with Gasteiger partial charge in [0, 0.05) is 28.7 Å². The molecule has 0 aliphatic carbocycles. The van der Waals surface area contributed by atoms with Gasteiger partial charge in [-0.2, -0.15) is 0 Å². The van der Waals surface area contributed by atoms with E-state index in [1.54, 1.807) is 24.3 Å². The van der Waals surface area contributed by atoms with Gasteiger partial charge in [0.15, 0.2) is 0 Å². The third kappa shape index (κ3) is 5.31. The van der Waals surface area contributed by atoms with Gasteiger partial charge in [-0.05, 0) is 74.1 Å². The summed E-state index contributed by atoms with van der Waals surface area (Å²) in [7, 11) is 0. The average molecular weight is 508 g/mol. The molecule has 35 heavy (non-hydrogen) atoms. The number of halogens is 1. The number of anilines is 2. The normalized spacial score (nSPS) is 15.3. The van der Waals surface area contributed by atoms with Gasteiger partial charge in [0.25, 0.3) is 11.8 Å². The molecule has 10 heteroatoms. The van der Waals surface area contributed by atoms with Crippen molar-refractivity contribution in [2.45, 2.75) is 26.3 Å². The molecule has 1 saturated heterocycles. The summed E-state index contributed by atoms with van der Waals surface area (Å²) in [5.41, 5.74) is 6.11. The molecule has 0 bridgehead atoms. The number of aryl methyl sites for hydroxylation is 2. The van der Waals surface area contributed by atoms with E-state index in [1.807, 2.05) is 32.0 Å². The zero-order valence-corrected chi connectivity index (χ0v) is 20.6. The van der Waals surface area contributed by atoms with Gasteiger partial charge in [0.2, 0.25) is 11.0 Å². The van der Waals surface area contributed by atoms with Crippen LogP contribution >= 0.6 is 23.8 Å². The number of pyridine rings is 1. The summed E-state index contributed by atoms with van der Waals surface area (Å²) in [4.78, 5) is 44.5. The lowest BCUT2D eigenvalue weighted by Crippen LogP contribution is -2.49. The molecule has 1 unspecified atom stereocenters. The molecule has 0 spiro atoms. The van der Waals surface area contributed by atoms with Gasteiger partial charge in [-0.25, -0.2) is 5.01 Å². The average Bonchev–Trinajstić information content (AvgIpc) is 3.06. The summed E-state index contributed by atoms with van der Waals surface area (Å²) in [5, 5.41) is 4.65. The maximum Gasteiger partial charge on any atom is 0.269 e. The maximum atomic E-state index is 13.5. The topological polar surface area (TPSA) is 94.6 Å². The first-order valence-corrected chi connectivity index (χ1v) is 11.5. The number of amides is 3. The lowest BCUT2D eigenvalue weighted by molar-refractivity contribution is -0.124. The zero-order chi connectivity index (χ0) is 25.1. The largest absolute Gasteiger partial charge is 0.326 e. The van der Waals surface area contributed by atoms with Crippen molar-refractivity contribution in [3.63, 3.8) is 0 Å². The van der Waals surface area contributed by atoms with E-state index < -0.39 is 17.9 Å². The summed E-state index contributed by atoms with van der Waals surface area (Å²) < 4.78 is 0. The number of carbonyl (C=O) groups is 3. The number of nitrogens with zero attached hydrogens (tertiary/aromatic N) is 3. The lowest BCUT2D eigenvalue weighted by atomic mass is 10.1. The second-order valence-electron chi connectivity index (χ2n) is 8.07. The standard InChI is InChI=1S/C25H22ClN5O3S/c1-15-3-8-20(16(2)13-15)28-22(32)14-21-24(34)30(19-6-4-18(26)5-7-19)25(35)31(21)29-23(33)17-9-11-27-12-10-17/h3-13,21H,14H2,1-2H3,(H,28,32)(H,29,33). The Morgan fingerprint density at radius 1 is 1.06 bits per heavy atom. The highest BCUT2D eigenvalue weighted by molar-refractivity contribution is 7.80. The van der Waals surface area contributed by atoms with Crippen molar-refractivity contribution in [2.24, 2.45) is 0 Å². The molecule has 1 aliphatic rings. The summed E-state index contributed by atoms with van der Waals surface area (Å²) in [6.45, 7) is 3.85. The molecular weight excluding hydrogens is 486 g/mol. The minimum Gasteiger partial charge on any atom is -0.326 e. The molecule has 0 radical (unpaired) electrons. The fourth-order valence-corrected chi connectivity index (χ4v) is 4.23. The Labute approximate surface area is 212 Å². The Balaban J connectivity index is 1.60. The Bertz CT molecular complexity index is 1300. The first kappa shape index (κ1) is 24.3. The number of benzene rings is 2. The van der Waals surface area contributed by atoms with Crippen LogP contribution in [0, 0.1) is 13.8 Å². The van der Waals surface area contributed by atoms with E-state index in [0.29, 0.717) is 22.0 Å². The van der Waals surface area contributed by atoms with Crippen molar-refractivity contribution < 1.29 is 14.4 Å². The first-order chi connectivity index (χ1) is 16.7. The number of thiocarbonyl (C=S) groups is 1. The van der Waals surface area contributed by atoms with Gasteiger partial charge in [-0.3, -0.25) is 29.7 Å². The molecule has 3 amide bonds. The van der Waals surface area contributed by atoms with Crippen LogP contribution in [0.3, 0.4) is 0 Å². The Morgan fingerprint density at radius 2 is 1.74 bits per heavy atom. The summed E-state index contributed by atoms with van der Waals surface area (Å²) in [5.74, 6) is -1.32. The molecule has 0 saturated carbocycles. The van der Waals surface area contributed by atoms with Crippen molar-refractivity contribution in [3.05, 3.63) is 88.7 Å². The number of hydrogen-bond acceptors (Lipinski definition) is 5. The number of rotatable bonds is 6. The molecule has 1 aliphatic heterocycles. The van der Waals surface area contributed by atoms with E-state index in [4.69, 9.17) is 23.8 Å². The molecule has 2 heterocycles. The highest BCUT2D eigenvalue weighted by Crippen LogP contribution is 2.28. The fraction of sp³-hybridized carbons (Fsp3) is 0.160. The van der Waals surface area contributed by atoms with Crippen LogP contribution in [0.15, 0.2) is 67.0 Å². The van der Waals surface area contributed by atoms with Crippen molar-refractivity contribution >= 4 is 58.0 Å². The van der Waals surface area contributed by atoms with Crippen molar-refractivity contribution in [1.29, 1.82) is 0 Å². The fourth-order valence-electron chi connectivity index (χ4n) is 3.73. The van der Waals surface area contributed by atoms with E-state index in [2.05, 4.69) is 15.7 Å². The number of hydrogen-bond donors (Lipinski definition) is 2. The molecule has 2 N–H and O–H groups in total. The van der Waals surface area contributed by atoms with Crippen LogP contribution in [0.5, 0.6) is 0 Å². The molecular formula is C25H22ClN5O3S. The van der Waals surface area contributed by atoms with Crippen molar-refractivity contribution in [1.82, 2.24) is 15.4 Å². The van der Waals surface area contributed by atoms with Crippen LogP contribution in [-0.2, 0) is 9.59 Å². The van der Waals surface area contributed by atoms with Gasteiger partial charge >= 0.3 is 0 Å². The van der Waals surface area contributed by atoms with Gasteiger partial charge in [0.05, 0.1) is 12.1 Å². The van der Waals surface area contributed by atoms with Gasteiger partial charge in [-0.15, -0.1) is 0 Å². The first-order valence-electron chi connectivity index (χ1n) is 10.8. The molecule has 8 nitrogen and oxygen atoms in total. The SMILES string of the molecule is Cc1ccc(NC(=O)CC2C(=O)N(c3ccc(Cl)cc3)C(=S)N2NC(=O)c2ccncc2)c(C)c1. The van der Waals surface area contributed by atoms with E-state index in [9.17, 15) is 14.4 Å². The van der Waals surface area contributed by atoms with Crippen LogP contribution in [0.25, 0.3) is 0 Å². The summed E-state index contributed by atoms with van der Waals surface area (Å²) >= 11 is 11.5. The number of nitrogens with one attached hydrogen (secondary N) is 2. The lowest BCUT2D eigenvalue weighted by Gasteiger charge is -2.24. The van der Waals surface area contributed by atoms with Crippen LogP contribution in [0.4, 0.5) is 11.4 Å². The summed E-state index contributed by atoms with van der Waals surface area (Å²) in [6.07, 6.45) is 2.74. The zero-order valence-electron chi connectivity index (χ0n) is 19.0. The van der Waals surface area contributed by atoms with E-state index >= 15 is 0 Å². The van der Waals surface area contributed by atoms with E-state index in [0.717, 1.165) is 11.1 Å². The van der Waals surface area contributed by atoms with Gasteiger partial charge in [0.1, 0.15) is 6.04 Å². The number of aromatic nitrogens is 1. The van der Waals surface area contributed by atoms with Gasteiger partial charge < -0.3 is 5.32 Å². The predicted molar refractivity (Wildman–Crippen MR) is 138 cm³/mol. The Morgan fingerprint density at radius 3 is 2.40 bits per heavy atom. The van der Waals surface area contributed by atoms with Crippen LogP contribution in [-0.4, -0.2) is 38.9 Å². The second kappa shape index (κ2) is 10.2. The van der Waals surface area contributed by atoms with Crippen molar-refractivity contribution in [3.8, 4) is 0 Å². The molecule has 1 fully saturated rings. The predicted octanol–water partition coefficient (Wildman–Crippen LogP) is 4.03. The Kier molecular flexibility index (Phi) is 7.09. The Hall–Kier alpha value is -3.82. The molecule has 1 aromatic heterocycles. The van der Waals surface area contributed by atoms with E-state index in [-0.39, 0.29) is 17.4 Å². The molecule has 178 valence electrons. The monoisotopic (exact) mass is 507 g/mol. The van der Waals surface area contributed by atoms with Gasteiger partial charge in [-0.1, -0.05) is 29.3 Å². The third-order valence-corrected chi connectivity index (χ3v) is 6.13. The molecule has 3 aromatic rings. The van der Waals surface area contributed by atoms with Crippen LogP contribution in [0.2, 0.25) is 5.02 Å². The van der Waals surface area contributed by atoms with Crippen LogP contribution in [0.1, 0.15) is 27.9 Å². The van der Waals surface area contributed by atoms with Crippen LogP contribution < -0.4 is 15.6 Å². The number of carbonyl (C=O) groups excluding carboxylic acids is 3. The molecule has 4 rings (SSSR count).